The fraction of sp³-hybridized carbons (Fsp3) is 0.318. The number of halogens is 1. The van der Waals surface area contributed by atoms with Gasteiger partial charge < -0.3 is 14.9 Å². The Morgan fingerprint density at radius 2 is 1.45 bits per heavy atom. The van der Waals surface area contributed by atoms with Gasteiger partial charge in [0.05, 0.1) is 12.0 Å². The maximum atomic E-state index is 13.7. The van der Waals surface area contributed by atoms with E-state index in [1.807, 2.05) is 0 Å². The van der Waals surface area contributed by atoms with E-state index in [4.69, 9.17) is 5.11 Å². The molecule has 29 heavy (non-hydrogen) atoms. The van der Waals surface area contributed by atoms with E-state index in [-0.39, 0.29) is 29.6 Å². The largest absolute Gasteiger partial charge is 0.478 e. The van der Waals surface area contributed by atoms with Crippen LogP contribution < -0.4 is 0 Å². The predicted octanol–water partition coefficient (Wildman–Crippen LogP) is 2.37. The van der Waals surface area contributed by atoms with Gasteiger partial charge >= 0.3 is 5.97 Å². The molecule has 2 amide bonds. The summed E-state index contributed by atoms with van der Waals surface area (Å²) in [5.74, 6) is -1.49. The Kier molecular flexibility index (Phi) is 6.59. The zero-order valence-corrected chi connectivity index (χ0v) is 16.0. The molecule has 1 fully saturated rings. The predicted molar refractivity (Wildman–Crippen MR) is 105 cm³/mol. The topological polar surface area (TPSA) is 77.9 Å². The molecule has 0 aliphatic carbocycles. The Balaban J connectivity index is 1.45. The number of carboxylic acids is 1. The molecule has 1 aliphatic rings. The fourth-order valence-electron chi connectivity index (χ4n) is 3.35. The minimum Gasteiger partial charge on any atom is -0.478 e. The fourth-order valence-corrected chi connectivity index (χ4v) is 3.35. The number of aryl methyl sites for hydroxylation is 1. The number of carboxylic acid groups (broad SMARTS) is 1. The summed E-state index contributed by atoms with van der Waals surface area (Å²) in [7, 11) is 0. The summed E-state index contributed by atoms with van der Waals surface area (Å²) < 4.78 is 13.7. The number of nitrogens with zero attached hydrogens (tertiary/aromatic N) is 2. The molecule has 2 aromatic rings. The molecular weight excluding hydrogens is 375 g/mol. The molecule has 7 heteroatoms. The highest BCUT2D eigenvalue weighted by Crippen LogP contribution is 2.12. The lowest BCUT2D eigenvalue weighted by Gasteiger charge is -2.35. The highest BCUT2D eigenvalue weighted by Gasteiger charge is 2.24. The Bertz CT molecular complexity index is 890. The van der Waals surface area contributed by atoms with Crippen molar-refractivity contribution in [3.05, 3.63) is 71.0 Å². The van der Waals surface area contributed by atoms with Crippen LogP contribution in [0.2, 0.25) is 0 Å². The average Bonchev–Trinajstić information content (AvgIpc) is 2.74. The molecule has 0 bridgehead atoms. The van der Waals surface area contributed by atoms with Gasteiger partial charge in [-0.1, -0.05) is 30.3 Å². The van der Waals surface area contributed by atoms with Crippen LogP contribution in [0.3, 0.4) is 0 Å². The third kappa shape index (κ3) is 5.40. The Labute approximate surface area is 168 Å². The highest BCUT2D eigenvalue weighted by atomic mass is 19.1. The smallest absolute Gasteiger partial charge is 0.335 e. The van der Waals surface area contributed by atoms with Crippen LogP contribution in [-0.2, 0) is 22.4 Å². The minimum absolute atomic E-state index is 0.00788. The lowest BCUT2D eigenvalue weighted by molar-refractivity contribution is -0.139. The molecule has 0 unspecified atom stereocenters. The first kappa shape index (κ1) is 20.5. The Hall–Kier alpha value is -3.22. The third-order valence-corrected chi connectivity index (χ3v) is 5.11. The number of amides is 2. The standard InChI is InChI=1S/C22H23FN2O4/c23-19-4-2-1-3-18(19)15-21(27)25-13-11-24(12-14-25)20(26)10-7-16-5-8-17(9-6-16)22(28)29/h1-6,8-9H,7,10-15H2,(H,28,29). The van der Waals surface area contributed by atoms with Gasteiger partial charge in [0, 0.05) is 32.6 Å². The molecule has 0 spiro atoms. The molecule has 3 rings (SSSR count). The van der Waals surface area contributed by atoms with E-state index < -0.39 is 5.97 Å². The van der Waals surface area contributed by atoms with Gasteiger partial charge in [-0.2, -0.15) is 0 Å². The number of carbonyl (C=O) groups excluding carboxylic acids is 2. The molecule has 1 aliphatic heterocycles. The van der Waals surface area contributed by atoms with Crippen LogP contribution in [-0.4, -0.2) is 58.9 Å². The highest BCUT2D eigenvalue weighted by molar-refractivity contribution is 5.87. The van der Waals surface area contributed by atoms with Crippen LogP contribution in [0.1, 0.15) is 27.9 Å². The Morgan fingerprint density at radius 1 is 0.862 bits per heavy atom. The van der Waals surface area contributed by atoms with Gasteiger partial charge in [-0.3, -0.25) is 9.59 Å². The lowest BCUT2D eigenvalue weighted by atomic mass is 10.1. The van der Waals surface area contributed by atoms with Crippen molar-refractivity contribution in [2.45, 2.75) is 19.3 Å². The molecule has 0 radical (unpaired) electrons. The van der Waals surface area contributed by atoms with Crippen molar-refractivity contribution < 1.29 is 23.9 Å². The van der Waals surface area contributed by atoms with Crippen molar-refractivity contribution >= 4 is 17.8 Å². The van der Waals surface area contributed by atoms with Crippen LogP contribution in [0, 0.1) is 5.82 Å². The van der Waals surface area contributed by atoms with Crippen molar-refractivity contribution in [1.29, 1.82) is 0 Å². The average molecular weight is 398 g/mol. The monoisotopic (exact) mass is 398 g/mol. The van der Waals surface area contributed by atoms with Crippen LogP contribution in [0.5, 0.6) is 0 Å². The van der Waals surface area contributed by atoms with Gasteiger partial charge in [0.15, 0.2) is 0 Å². The van der Waals surface area contributed by atoms with E-state index in [1.54, 1.807) is 40.1 Å². The zero-order valence-electron chi connectivity index (χ0n) is 16.0. The molecule has 0 aromatic heterocycles. The summed E-state index contributed by atoms with van der Waals surface area (Å²) in [6.07, 6.45) is 0.883. The van der Waals surface area contributed by atoms with E-state index in [9.17, 15) is 18.8 Å². The molecule has 152 valence electrons. The van der Waals surface area contributed by atoms with Gasteiger partial charge in [0.1, 0.15) is 5.82 Å². The van der Waals surface area contributed by atoms with Gasteiger partial charge in [-0.25, -0.2) is 9.18 Å². The van der Waals surface area contributed by atoms with Crippen molar-refractivity contribution in [3.63, 3.8) is 0 Å². The first-order valence-corrected chi connectivity index (χ1v) is 9.55. The van der Waals surface area contributed by atoms with Gasteiger partial charge in [-0.15, -0.1) is 0 Å². The number of aromatic carboxylic acids is 1. The Morgan fingerprint density at radius 3 is 2.03 bits per heavy atom. The second-order valence-corrected chi connectivity index (χ2v) is 7.03. The quantitative estimate of drug-likeness (QED) is 0.810. The van der Waals surface area contributed by atoms with Crippen molar-refractivity contribution in [3.8, 4) is 0 Å². The maximum Gasteiger partial charge on any atom is 0.335 e. The first-order chi connectivity index (χ1) is 13.9. The van der Waals surface area contributed by atoms with Gasteiger partial charge in [0.25, 0.3) is 0 Å². The summed E-state index contributed by atoms with van der Waals surface area (Å²) in [6.45, 7) is 1.79. The third-order valence-electron chi connectivity index (χ3n) is 5.11. The van der Waals surface area contributed by atoms with Crippen LogP contribution >= 0.6 is 0 Å². The number of carbonyl (C=O) groups is 3. The zero-order chi connectivity index (χ0) is 20.8. The number of benzene rings is 2. The summed E-state index contributed by atoms with van der Waals surface area (Å²) in [5.41, 5.74) is 1.50. The van der Waals surface area contributed by atoms with E-state index in [2.05, 4.69) is 0 Å². The summed E-state index contributed by atoms with van der Waals surface area (Å²) in [4.78, 5) is 39.1. The molecule has 0 saturated carbocycles. The van der Waals surface area contributed by atoms with Crippen molar-refractivity contribution in [2.24, 2.45) is 0 Å². The van der Waals surface area contributed by atoms with Gasteiger partial charge in [-0.05, 0) is 35.7 Å². The van der Waals surface area contributed by atoms with Crippen LogP contribution in [0.4, 0.5) is 4.39 Å². The normalized spacial score (nSPS) is 14.0. The molecule has 1 heterocycles. The SMILES string of the molecule is O=C(O)c1ccc(CCC(=O)N2CCN(C(=O)Cc3ccccc3F)CC2)cc1. The first-order valence-electron chi connectivity index (χ1n) is 9.55. The van der Waals surface area contributed by atoms with Crippen LogP contribution in [0.25, 0.3) is 0 Å². The van der Waals surface area contributed by atoms with Crippen LogP contribution in [0.15, 0.2) is 48.5 Å². The summed E-state index contributed by atoms with van der Waals surface area (Å²) in [6, 6.07) is 12.7. The maximum absolute atomic E-state index is 13.7. The minimum atomic E-state index is -0.977. The van der Waals surface area contributed by atoms with Crippen molar-refractivity contribution in [2.75, 3.05) is 26.2 Å². The van der Waals surface area contributed by atoms with E-state index in [0.29, 0.717) is 44.6 Å². The second kappa shape index (κ2) is 9.32. The number of hydrogen-bond acceptors (Lipinski definition) is 3. The number of piperazine rings is 1. The van der Waals surface area contributed by atoms with Crippen molar-refractivity contribution in [1.82, 2.24) is 9.80 Å². The summed E-state index contributed by atoms with van der Waals surface area (Å²) >= 11 is 0. The molecule has 6 nitrogen and oxygen atoms in total. The van der Waals surface area contributed by atoms with E-state index in [1.165, 1.54) is 18.2 Å². The molecule has 1 saturated heterocycles. The summed E-state index contributed by atoms with van der Waals surface area (Å²) in [5, 5.41) is 8.91. The lowest BCUT2D eigenvalue weighted by Crippen LogP contribution is -2.51. The molecule has 1 N–H and O–H groups in total. The second-order valence-electron chi connectivity index (χ2n) is 7.03. The van der Waals surface area contributed by atoms with E-state index in [0.717, 1.165) is 5.56 Å². The molecular formula is C22H23FN2O4. The van der Waals surface area contributed by atoms with E-state index >= 15 is 0 Å². The number of hydrogen-bond donors (Lipinski definition) is 1. The molecule has 2 aromatic carbocycles. The molecule has 0 atom stereocenters. The van der Waals surface area contributed by atoms with Gasteiger partial charge in [0.2, 0.25) is 11.8 Å². The number of rotatable bonds is 6.